The number of aromatic nitrogens is 2. The minimum absolute atomic E-state index is 0.000931. The number of halogens is 2. The molecule has 0 aliphatic rings. The van der Waals surface area contributed by atoms with Crippen LogP contribution in [0.1, 0.15) is 5.56 Å². The van der Waals surface area contributed by atoms with Crippen LogP contribution in [0.3, 0.4) is 0 Å². The van der Waals surface area contributed by atoms with Crippen LogP contribution in [0.2, 0.25) is 10.0 Å². The summed E-state index contributed by atoms with van der Waals surface area (Å²) < 4.78 is 10.6. The lowest BCUT2D eigenvalue weighted by Crippen LogP contribution is -2.14. The van der Waals surface area contributed by atoms with Gasteiger partial charge in [0.05, 0.1) is 13.5 Å². The maximum Gasteiger partial charge on any atom is 0.322 e. The smallest absolute Gasteiger partial charge is 0.322 e. The van der Waals surface area contributed by atoms with Crippen LogP contribution in [0.25, 0.3) is 11.5 Å². The summed E-state index contributed by atoms with van der Waals surface area (Å²) in [4.78, 5) is 12.1. The first kappa shape index (κ1) is 17.3. The number of nitrogens with one attached hydrogen (secondary N) is 1. The van der Waals surface area contributed by atoms with E-state index >= 15 is 0 Å². The van der Waals surface area contributed by atoms with Crippen LogP contribution in [0.15, 0.2) is 46.9 Å². The third-order valence-corrected chi connectivity index (χ3v) is 3.72. The van der Waals surface area contributed by atoms with Crippen molar-refractivity contribution >= 4 is 35.1 Å². The van der Waals surface area contributed by atoms with Gasteiger partial charge in [0.1, 0.15) is 5.75 Å². The zero-order chi connectivity index (χ0) is 17.8. The third kappa shape index (κ3) is 4.49. The molecule has 0 spiro atoms. The molecule has 0 bridgehead atoms. The highest BCUT2D eigenvalue weighted by Gasteiger charge is 2.13. The van der Waals surface area contributed by atoms with E-state index in [1.54, 1.807) is 31.4 Å². The van der Waals surface area contributed by atoms with Crippen LogP contribution in [0, 0.1) is 0 Å². The summed E-state index contributed by atoms with van der Waals surface area (Å²) in [6.07, 6.45) is 0.151. The van der Waals surface area contributed by atoms with Gasteiger partial charge in [-0.3, -0.25) is 10.1 Å². The van der Waals surface area contributed by atoms with Crippen molar-refractivity contribution in [1.29, 1.82) is 0 Å². The monoisotopic (exact) mass is 377 g/mol. The Balaban J connectivity index is 1.69. The predicted molar refractivity (Wildman–Crippen MR) is 95.1 cm³/mol. The van der Waals surface area contributed by atoms with Crippen molar-refractivity contribution < 1.29 is 13.9 Å². The molecule has 128 valence electrons. The Morgan fingerprint density at radius 3 is 2.64 bits per heavy atom. The number of carbonyl (C=O) groups is 1. The molecule has 2 aromatic carbocycles. The van der Waals surface area contributed by atoms with E-state index in [0.29, 0.717) is 21.4 Å². The van der Waals surface area contributed by atoms with E-state index in [9.17, 15) is 4.79 Å². The van der Waals surface area contributed by atoms with Crippen molar-refractivity contribution in [3.8, 4) is 17.2 Å². The number of benzene rings is 2. The van der Waals surface area contributed by atoms with Gasteiger partial charge >= 0.3 is 6.01 Å². The molecule has 0 fully saturated rings. The van der Waals surface area contributed by atoms with Gasteiger partial charge in [0, 0.05) is 15.6 Å². The molecule has 1 aromatic heterocycles. The lowest BCUT2D eigenvalue weighted by Gasteiger charge is -2.04. The number of anilines is 1. The zero-order valence-electron chi connectivity index (χ0n) is 13.1. The molecule has 6 nitrogen and oxygen atoms in total. The Morgan fingerprint density at radius 1 is 1.16 bits per heavy atom. The van der Waals surface area contributed by atoms with E-state index < -0.39 is 0 Å². The van der Waals surface area contributed by atoms with E-state index in [0.717, 1.165) is 5.56 Å². The summed E-state index contributed by atoms with van der Waals surface area (Å²) in [5.74, 6) is 0.608. The Hall–Kier alpha value is -2.57. The molecule has 0 unspecified atom stereocenters. The van der Waals surface area contributed by atoms with E-state index in [2.05, 4.69) is 15.5 Å². The van der Waals surface area contributed by atoms with E-state index in [-0.39, 0.29) is 24.2 Å². The zero-order valence-corrected chi connectivity index (χ0v) is 14.6. The van der Waals surface area contributed by atoms with Crippen LogP contribution in [-0.4, -0.2) is 23.2 Å². The lowest BCUT2D eigenvalue weighted by atomic mass is 10.1. The fourth-order valence-corrected chi connectivity index (χ4v) is 2.73. The molecule has 1 heterocycles. The third-order valence-electron chi connectivity index (χ3n) is 3.28. The molecular weight excluding hydrogens is 365 g/mol. The van der Waals surface area contributed by atoms with Gasteiger partial charge in [-0.05, 0) is 35.9 Å². The normalized spacial score (nSPS) is 10.5. The minimum Gasteiger partial charge on any atom is -0.497 e. The van der Waals surface area contributed by atoms with Crippen molar-refractivity contribution in [2.24, 2.45) is 0 Å². The van der Waals surface area contributed by atoms with E-state index in [1.165, 1.54) is 0 Å². The number of rotatable bonds is 5. The molecule has 1 amide bonds. The molecule has 3 rings (SSSR count). The number of methoxy groups -OCH3 is 1. The first-order valence-electron chi connectivity index (χ1n) is 7.26. The molecule has 0 saturated heterocycles. The fourth-order valence-electron chi connectivity index (χ4n) is 2.20. The summed E-state index contributed by atoms with van der Waals surface area (Å²) in [5.41, 5.74) is 1.37. The van der Waals surface area contributed by atoms with E-state index in [1.807, 2.05) is 18.2 Å². The molecule has 25 heavy (non-hydrogen) atoms. The lowest BCUT2D eigenvalue weighted by molar-refractivity contribution is -0.115. The number of amides is 1. The van der Waals surface area contributed by atoms with Gasteiger partial charge in [0.15, 0.2) is 0 Å². The van der Waals surface area contributed by atoms with Crippen LogP contribution in [-0.2, 0) is 11.2 Å². The maximum atomic E-state index is 12.1. The van der Waals surface area contributed by atoms with E-state index in [4.69, 9.17) is 32.4 Å². The number of nitrogens with zero attached hydrogens (tertiary/aromatic N) is 2. The van der Waals surface area contributed by atoms with Gasteiger partial charge < -0.3 is 9.15 Å². The summed E-state index contributed by atoms with van der Waals surface area (Å²) in [7, 11) is 1.57. The highest BCUT2D eigenvalue weighted by Crippen LogP contribution is 2.27. The van der Waals surface area contributed by atoms with Crippen LogP contribution < -0.4 is 10.1 Å². The Labute approximate surface area is 153 Å². The summed E-state index contributed by atoms with van der Waals surface area (Å²) in [6.45, 7) is 0. The Kier molecular flexibility index (Phi) is 5.21. The van der Waals surface area contributed by atoms with Gasteiger partial charge in [0.2, 0.25) is 11.8 Å². The second kappa shape index (κ2) is 7.55. The average Bonchev–Trinajstić information content (AvgIpc) is 3.02. The van der Waals surface area contributed by atoms with Crippen LogP contribution >= 0.6 is 23.2 Å². The standard InChI is InChI=1S/C17H13Cl2N3O3/c1-24-14-4-2-3-10(5-14)6-15(23)20-17-22-21-16(25-17)11-7-12(18)9-13(19)8-11/h2-5,7-9H,6H2,1H3,(H,20,22,23). The largest absolute Gasteiger partial charge is 0.497 e. The summed E-state index contributed by atoms with van der Waals surface area (Å²) in [5, 5.41) is 11.2. The quantitative estimate of drug-likeness (QED) is 0.719. The molecule has 0 radical (unpaired) electrons. The topological polar surface area (TPSA) is 77.2 Å². The first-order chi connectivity index (χ1) is 12.0. The SMILES string of the molecule is COc1cccc(CC(=O)Nc2nnc(-c3cc(Cl)cc(Cl)c3)o2)c1. The van der Waals surface area contributed by atoms with Crippen molar-refractivity contribution in [3.63, 3.8) is 0 Å². The molecule has 8 heteroatoms. The summed E-state index contributed by atoms with van der Waals surface area (Å²) >= 11 is 11.9. The molecule has 0 atom stereocenters. The van der Waals surface area contributed by atoms with Crippen molar-refractivity contribution in [2.75, 3.05) is 12.4 Å². The molecule has 0 aliphatic heterocycles. The molecular formula is C17H13Cl2N3O3. The number of hydrogen-bond donors (Lipinski definition) is 1. The van der Waals surface area contributed by atoms with Crippen LogP contribution in [0.5, 0.6) is 5.75 Å². The summed E-state index contributed by atoms with van der Waals surface area (Å²) in [6, 6.07) is 12.1. The molecule has 3 aromatic rings. The van der Waals surface area contributed by atoms with Crippen molar-refractivity contribution in [2.45, 2.75) is 6.42 Å². The van der Waals surface area contributed by atoms with Gasteiger partial charge in [0.25, 0.3) is 0 Å². The second-order valence-corrected chi connectivity index (χ2v) is 6.02. The number of hydrogen-bond acceptors (Lipinski definition) is 5. The molecule has 0 saturated carbocycles. The number of ether oxygens (including phenoxy) is 1. The highest BCUT2D eigenvalue weighted by atomic mass is 35.5. The average molecular weight is 378 g/mol. The van der Waals surface area contributed by atoms with Gasteiger partial charge in [-0.25, -0.2) is 0 Å². The minimum atomic E-state index is -0.285. The number of carbonyl (C=O) groups excluding carboxylic acids is 1. The van der Waals surface area contributed by atoms with Crippen molar-refractivity contribution in [3.05, 3.63) is 58.1 Å². The maximum absolute atomic E-state index is 12.1. The van der Waals surface area contributed by atoms with Gasteiger partial charge in [-0.2, -0.15) is 0 Å². The van der Waals surface area contributed by atoms with Gasteiger partial charge in [-0.1, -0.05) is 40.4 Å². The second-order valence-electron chi connectivity index (χ2n) is 5.15. The molecule has 0 aliphatic carbocycles. The fraction of sp³-hybridized carbons (Fsp3) is 0.118. The highest BCUT2D eigenvalue weighted by molar-refractivity contribution is 6.35. The first-order valence-corrected chi connectivity index (χ1v) is 8.02. The Bertz CT molecular complexity index is 891. The Morgan fingerprint density at radius 2 is 1.92 bits per heavy atom. The molecule has 1 N–H and O–H groups in total. The van der Waals surface area contributed by atoms with Gasteiger partial charge in [-0.15, -0.1) is 5.10 Å². The van der Waals surface area contributed by atoms with Crippen molar-refractivity contribution in [1.82, 2.24) is 10.2 Å². The van der Waals surface area contributed by atoms with Crippen LogP contribution in [0.4, 0.5) is 6.01 Å². The predicted octanol–water partition coefficient (Wildman–Crippen LogP) is 4.23.